The molecule has 1 rings (SSSR count). The second kappa shape index (κ2) is 3.76. The molecule has 1 unspecified atom stereocenters. The molecule has 1 aromatic rings. The van der Waals surface area contributed by atoms with Gasteiger partial charge in [-0.1, -0.05) is 0 Å². The zero-order chi connectivity index (χ0) is 9.84. The van der Waals surface area contributed by atoms with Crippen molar-refractivity contribution in [1.82, 2.24) is 4.57 Å². The Balaban J connectivity index is 2.83. The summed E-state index contributed by atoms with van der Waals surface area (Å²) in [4.78, 5) is 10.4. The average Bonchev–Trinajstić information content (AvgIpc) is 2.49. The lowest BCUT2D eigenvalue weighted by Crippen LogP contribution is -2.10. The van der Waals surface area contributed by atoms with Crippen LogP contribution in [0, 0.1) is 11.3 Å². The molecule has 1 atom stereocenters. The SMILES string of the molecule is CC(CC(=O)O)n1cccc1C#N. The zero-order valence-corrected chi connectivity index (χ0v) is 7.27. The molecule has 0 spiro atoms. The first kappa shape index (κ1) is 9.33. The standard InChI is InChI=1S/C9H10N2O2/c1-7(5-9(12)13)11-4-2-3-8(11)6-10/h2-4,7H,5H2,1H3,(H,12,13). The Morgan fingerprint density at radius 3 is 3.08 bits per heavy atom. The topological polar surface area (TPSA) is 66.0 Å². The Bertz CT molecular complexity index is 349. The van der Waals surface area contributed by atoms with Gasteiger partial charge in [0.2, 0.25) is 0 Å². The molecule has 0 radical (unpaired) electrons. The van der Waals surface area contributed by atoms with E-state index in [9.17, 15) is 4.79 Å². The summed E-state index contributed by atoms with van der Waals surface area (Å²) in [6.45, 7) is 1.77. The van der Waals surface area contributed by atoms with Crippen LogP contribution < -0.4 is 0 Å². The Labute approximate surface area is 76.0 Å². The zero-order valence-electron chi connectivity index (χ0n) is 7.27. The monoisotopic (exact) mass is 178 g/mol. The quantitative estimate of drug-likeness (QED) is 0.760. The van der Waals surface area contributed by atoms with Gasteiger partial charge in [-0.3, -0.25) is 4.79 Å². The van der Waals surface area contributed by atoms with Gasteiger partial charge in [-0.05, 0) is 19.1 Å². The van der Waals surface area contributed by atoms with Crippen molar-refractivity contribution in [1.29, 1.82) is 5.26 Å². The van der Waals surface area contributed by atoms with Crippen LogP contribution in [0.2, 0.25) is 0 Å². The maximum atomic E-state index is 10.4. The number of nitrogens with zero attached hydrogens (tertiary/aromatic N) is 2. The molecule has 68 valence electrons. The lowest BCUT2D eigenvalue weighted by Gasteiger charge is -2.11. The van der Waals surface area contributed by atoms with Crippen LogP contribution in [-0.2, 0) is 4.79 Å². The lowest BCUT2D eigenvalue weighted by atomic mass is 10.2. The fourth-order valence-electron chi connectivity index (χ4n) is 1.22. The third kappa shape index (κ3) is 2.09. The van der Waals surface area contributed by atoms with Crippen molar-refractivity contribution < 1.29 is 9.90 Å². The summed E-state index contributed by atoms with van der Waals surface area (Å²) in [5.74, 6) is -0.856. The van der Waals surface area contributed by atoms with Gasteiger partial charge in [0.15, 0.2) is 0 Å². The largest absolute Gasteiger partial charge is 0.481 e. The number of carboxylic acids is 1. The van der Waals surface area contributed by atoms with Gasteiger partial charge in [-0.2, -0.15) is 5.26 Å². The molecule has 13 heavy (non-hydrogen) atoms. The average molecular weight is 178 g/mol. The minimum Gasteiger partial charge on any atom is -0.481 e. The van der Waals surface area contributed by atoms with Crippen molar-refractivity contribution in [2.45, 2.75) is 19.4 Å². The molecule has 1 N–H and O–H groups in total. The number of rotatable bonds is 3. The highest BCUT2D eigenvalue weighted by Gasteiger charge is 2.11. The van der Waals surface area contributed by atoms with Crippen molar-refractivity contribution in [3.63, 3.8) is 0 Å². The molecular weight excluding hydrogens is 168 g/mol. The first-order valence-corrected chi connectivity index (χ1v) is 3.94. The first-order valence-electron chi connectivity index (χ1n) is 3.94. The van der Waals surface area contributed by atoms with Gasteiger partial charge < -0.3 is 9.67 Å². The van der Waals surface area contributed by atoms with Crippen molar-refractivity contribution in [3.8, 4) is 6.07 Å². The summed E-state index contributed by atoms with van der Waals surface area (Å²) in [5, 5.41) is 17.2. The summed E-state index contributed by atoms with van der Waals surface area (Å²) in [7, 11) is 0. The molecule has 1 heterocycles. The highest BCUT2D eigenvalue weighted by atomic mass is 16.4. The molecule has 0 saturated heterocycles. The Morgan fingerprint density at radius 2 is 2.54 bits per heavy atom. The molecule has 0 aliphatic rings. The maximum absolute atomic E-state index is 10.4. The summed E-state index contributed by atoms with van der Waals surface area (Å²) in [6.07, 6.45) is 1.75. The van der Waals surface area contributed by atoms with E-state index in [1.807, 2.05) is 6.07 Å². The molecule has 0 amide bonds. The second-order valence-electron chi connectivity index (χ2n) is 2.86. The number of nitriles is 1. The van der Waals surface area contributed by atoms with Crippen LogP contribution in [0.15, 0.2) is 18.3 Å². The molecule has 1 aromatic heterocycles. The third-order valence-corrected chi connectivity index (χ3v) is 1.84. The third-order valence-electron chi connectivity index (χ3n) is 1.84. The molecule has 4 heteroatoms. The number of hydrogen-bond acceptors (Lipinski definition) is 2. The van der Waals surface area contributed by atoms with E-state index < -0.39 is 5.97 Å². The van der Waals surface area contributed by atoms with Crippen LogP contribution in [0.5, 0.6) is 0 Å². The molecule has 0 fully saturated rings. The summed E-state index contributed by atoms with van der Waals surface area (Å²) >= 11 is 0. The van der Waals surface area contributed by atoms with Gasteiger partial charge in [0.25, 0.3) is 0 Å². The van der Waals surface area contributed by atoms with Crippen LogP contribution in [0.3, 0.4) is 0 Å². The van der Waals surface area contributed by atoms with Gasteiger partial charge in [-0.25, -0.2) is 0 Å². The molecule has 0 bridgehead atoms. The van der Waals surface area contributed by atoms with E-state index in [-0.39, 0.29) is 12.5 Å². The molecule has 0 saturated carbocycles. The number of hydrogen-bond donors (Lipinski definition) is 1. The summed E-state index contributed by atoms with van der Waals surface area (Å²) in [5.41, 5.74) is 0.494. The summed E-state index contributed by atoms with van der Waals surface area (Å²) in [6, 6.07) is 5.22. The fraction of sp³-hybridized carbons (Fsp3) is 0.333. The molecule has 0 aliphatic carbocycles. The van der Waals surface area contributed by atoms with Gasteiger partial charge >= 0.3 is 5.97 Å². The van der Waals surface area contributed by atoms with E-state index in [0.717, 1.165) is 0 Å². The molecule has 4 nitrogen and oxygen atoms in total. The smallest absolute Gasteiger partial charge is 0.305 e. The van der Waals surface area contributed by atoms with E-state index >= 15 is 0 Å². The fourth-order valence-corrected chi connectivity index (χ4v) is 1.22. The highest BCUT2D eigenvalue weighted by molar-refractivity contribution is 5.67. The highest BCUT2D eigenvalue weighted by Crippen LogP contribution is 2.13. The van der Waals surface area contributed by atoms with Gasteiger partial charge in [-0.15, -0.1) is 0 Å². The van der Waals surface area contributed by atoms with Crippen molar-refractivity contribution in [2.75, 3.05) is 0 Å². The van der Waals surface area contributed by atoms with E-state index in [1.54, 1.807) is 29.8 Å². The van der Waals surface area contributed by atoms with E-state index in [4.69, 9.17) is 10.4 Å². The summed E-state index contributed by atoms with van der Waals surface area (Å²) < 4.78 is 1.66. The van der Waals surface area contributed by atoms with Gasteiger partial charge in [0, 0.05) is 12.2 Å². The van der Waals surface area contributed by atoms with E-state index in [0.29, 0.717) is 5.69 Å². The number of aromatic nitrogens is 1. The van der Waals surface area contributed by atoms with Crippen LogP contribution in [0.4, 0.5) is 0 Å². The minimum atomic E-state index is -0.856. The van der Waals surface area contributed by atoms with Crippen LogP contribution in [-0.4, -0.2) is 15.6 Å². The number of aliphatic carboxylic acids is 1. The van der Waals surface area contributed by atoms with E-state index in [2.05, 4.69) is 0 Å². The maximum Gasteiger partial charge on any atom is 0.305 e. The predicted molar refractivity (Wildman–Crippen MR) is 46.1 cm³/mol. The van der Waals surface area contributed by atoms with Crippen molar-refractivity contribution in [3.05, 3.63) is 24.0 Å². The van der Waals surface area contributed by atoms with Gasteiger partial charge in [0.05, 0.1) is 6.42 Å². The Hall–Kier alpha value is -1.76. The Kier molecular flexibility index (Phi) is 2.70. The Morgan fingerprint density at radius 1 is 1.85 bits per heavy atom. The van der Waals surface area contributed by atoms with Crippen LogP contribution in [0.25, 0.3) is 0 Å². The number of carbonyl (C=O) groups is 1. The van der Waals surface area contributed by atoms with Crippen molar-refractivity contribution >= 4 is 5.97 Å². The van der Waals surface area contributed by atoms with E-state index in [1.165, 1.54) is 0 Å². The molecule has 0 aromatic carbocycles. The second-order valence-corrected chi connectivity index (χ2v) is 2.86. The predicted octanol–water partition coefficient (Wildman–Crippen LogP) is 1.40. The molecule has 0 aliphatic heterocycles. The van der Waals surface area contributed by atoms with Crippen LogP contribution in [0.1, 0.15) is 25.1 Å². The normalized spacial score (nSPS) is 12.0. The minimum absolute atomic E-state index is 0.0311. The van der Waals surface area contributed by atoms with Crippen molar-refractivity contribution in [2.24, 2.45) is 0 Å². The molecular formula is C9H10N2O2. The lowest BCUT2D eigenvalue weighted by molar-refractivity contribution is -0.137. The van der Waals surface area contributed by atoms with Gasteiger partial charge in [0.1, 0.15) is 11.8 Å². The van der Waals surface area contributed by atoms with Crippen LogP contribution >= 0.6 is 0 Å². The number of carboxylic acid groups (broad SMARTS) is 1. The first-order chi connectivity index (χ1) is 6.15.